The highest BCUT2D eigenvalue weighted by atomic mass is 19.3. The van der Waals surface area contributed by atoms with Gasteiger partial charge < -0.3 is 0 Å². The second kappa shape index (κ2) is 4.29. The Balaban J connectivity index is 2.35. The summed E-state index contributed by atoms with van der Waals surface area (Å²) in [5.41, 5.74) is -0.0136. The Labute approximate surface area is 97.0 Å². The van der Waals surface area contributed by atoms with E-state index in [1.165, 1.54) is 4.90 Å². The van der Waals surface area contributed by atoms with Gasteiger partial charge in [0.05, 0.1) is 6.54 Å². The highest BCUT2D eigenvalue weighted by Crippen LogP contribution is 2.44. The van der Waals surface area contributed by atoms with Crippen LogP contribution in [-0.2, 0) is 0 Å². The molecule has 1 aliphatic heterocycles. The van der Waals surface area contributed by atoms with Gasteiger partial charge in [0.1, 0.15) is 11.6 Å². The Hall–Kier alpha value is -1.10. The molecule has 0 N–H and O–H groups in total. The van der Waals surface area contributed by atoms with Crippen molar-refractivity contribution >= 4 is 0 Å². The standard InChI is InChI=1S/C12H12F4N/c1-2-17-7-12(15,16)6-11(17)9-5-8(13)3-4-10(9)14/h3-5,7,11H,2,6H2,1H3. The average Bonchev–Trinajstić information content (AvgIpc) is 2.57. The predicted molar refractivity (Wildman–Crippen MR) is 55.3 cm³/mol. The molecule has 1 radical (unpaired) electrons. The fraction of sp³-hybridized carbons (Fsp3) is 0.417. The number of hydrogen-bond donors (Lipinski definition) is 0. The Morgan fingerprint density at radius 1 is 1.35 bits per heavy atom. The number of alkyl halides is 2. The van der Waals surface area contributed by atoms with Crippen molar-refractivity contribution in [3.8, 4) is 0 Å². The van der Waals surface area contributed by atoms with E-state index in [0.717, 1.165) is 24.7 Å². The van der Waals surface area contributed by atoms with Crippen LogP contribution < -0.4 is 0 Å². The molecule has 1 unspecified atom stereocenters. The van der Waals surface area contributed by atoms with E-state index in [0.29, 0.717) is 6.54 Å². The summed E-state index contributed by atoms with van der Waals surface area (Å²) in [5, 5.41) is 0. The fourth-order valence-corrected chi connectivity index (χ4v) is 2.13. The molecule has 1 saturated heterocycles. The van der Waals surface area contributed by atoms with Crippen LogP contribution in [-0.4, -0.2) is 17.4 Å². The molecule has 1 aromatic rings. The molecule has 17 heavy (non-hydrogen) atoms. The molecular formula is C12H12F4N. The first-order valence-corrected chi connectivity index (χ1v) is 5.37. The smallest absolute Gasteiger partial charge is 0.266 e. The van der Waals surface area contributed by atoms with Crippen LogP contribution in [0.3, 0.4) is 0 Å². The Morgan fingerprint density at radius 2 is 2.06 bits per heavy atom. The number of nitrogens with zero attached hydrogens (tertiary/aromatic N) is 1. The number of rotatable bonds is 2. The van der Waals surface area contributed by atoms with Crippen LogP contribution in [0, 0.1) is 18.2 Å². The van der Waals surface area contributed by atoms with Gasteiger partial charge in [0, 0.05) is 18.0 Å². The number of hydrogen-bond acceptors (Lipinski definition) is 1. The summed E-state index contributed by atoms with van der Waals surface area (Å²) >= 11 is 0. The van der Waals surface area contributed by atoms with Crippen molar-refractivity contribution in [2.24, 2.45) is 0 Å². The third-order valence-corrected chi connectivity index (χ3v) is 2.90. The number of likely N-dealkylation sites (tertiary alicyclic amines) is 1. The Morgan fingerprint density at radius 3 is 2.71 bits per heavy atom. The van der Waals surface area contributed by atoms with Crippen LogP contribution in [0.4, 0.5) is 17.6 Å². The van der Waals surface area contributed by atoms with Gasteiger partial charge in [0.25, 0.3) is 5.92 Å². The maximum Gasteiger partial charge on any atom is 0.266 e. The summed E-state index contributed by atoms with van der Waals surface area (Å²) in [5.74, 6) is -4.23. The van der Waals surface area contributed by atoms with Crippen LogP contribution in [0.15, 0.2) is 18.2 Å². The number of halogens is 4. The molecule has 1 fully saturated rings. The molecule has 1 aromatic carbocycles. The van der Waals surface area contributed by atoms with Crippen LogP contribution in [0.2, 0.25) is 0 Å². The lowest BCUT2D eigenvalue weighted by Gasteiger charge is -2.22. The highest BCUT2D eigenvalue weighted by molar-refractivity contribution is 5.25. The minimum atomic E-state index is -2.96. The van der Waals surface area contributed by atoms with Crippen molar-refractivity contribution in [3.05, 3.63) is 41.9 Å². The minimum absolute atomic E-state index is 0.0136. The molecule has 0 aromatic heterocycles. The zero-order chi connectivity index (χ0) is 12.6. The highest BCUT2D eigenvalue weighted by Gasteiger charge is 2.46. The van der Waals surface area contributed by atoms with Crippen LogP contribution >= 0.6 is 0 Å². The van der Waals surface area contributed by atoms with E-state index in [2.05, 4.69) is 0 Å². The minimum Gasteiger partial charge on any atom is -0.286 e. The van der Waals surface area contributed by atoms with Gasteiger partial charge in [-0.25, -0.2) is 17.6 Å². The average molecular weight is 246 g/mol. The fourth-order valence-electron chi connectivity index (χ4n) is 2.13. The Kier molecular flexibility index (Phi) is 3.12. The van der Waals surface area contributed by atoms with Gasteiger partial charge >= 0.3 is 0 Å². The second-order valence-corrected chi connectivity index (χ2v) is 4.11. The first-order chi connectivity index (χ1) is 7.93. The van der Waals surface area contributed by atoms with Crippen LogP contribution in [0.5, 0.6) is 0 Å². The van der Waals surface area contributed by atoms with E-state index in [1.807, 2.05) is 0 Å². The molecule has 1 aliphatic rings. The Bertz CT molecular complexity index is 419. The summed E-state index contributed by atoms with van der Waals surface area (Å²) in [7, 11) is 0. The molecule has 0 saturated carbocycles. The molecule has 5 heteroatoms. The summed E-state index contributed by atoms with van der Waals surface area (Å²) in [4.78, 5) is 1.35. The zero-order valence-electron chi connectivity index (χ0n) is 9.26. The largest absolute Gasteiger partial charge is 0.286 e. The topological polar surface area (TPSA) is 3.24 Å². The first-order valence-electron chi connectivity index (χ1n) is 5.37. The van der Waals surface area contributed by atoms with Gasteiger partial charge in [-0.2, -0.15) is 0 Å². The molecule has 1 nitrogen and oxygen atoms in total. The third kappa shape index (κ3) is 2.44. The molecule has 0 bridgehead atoms. The molecular weight excluding hydrogens is 234 g/mol. The van der Waals surface area contributed by atoms with Crippen LogP contribution in [0.1, 0.15) is 24.9 Å². The maximum atomic E-state index is 13.5. The van der Waals surface area contributed by atoms with E-state index in [9.17, 15) is 17.6 Å². The van der Waals surface area contributed by atoms with Gasteiger partial charge in [-0.15, -0.1) is 0 Å². The van der Waals surface area contributed by atoms with E-state index in [4.69, 9.17) is 0 Å². The lowest BCUT2D eigenvalue weighted by atomic mass is 10.0. The lowest BCUT2D eigenvalue weighted by molar-refractivity contribution is 0.0394. The third-order valence-electron chi connectivity index (χ3n) is 2.90. The molecule has 0 amide bonds. The van der Waals surface area contributed by atoms with E-state index in [-0.39, 0.29) is 5.56 Å². The molecule has 0 spiro atoms. The summed E-state index contributed by atoms with van der Waals surface area (Å²) < 4.78 is 53.0. The van der Waals surface area contributed by atoms with Gasteiger partial charge in [-0.3, -0.25) is 4.90 Å². The molecule has 1 atom stereocenters. The van der Waals surface area contributed by atoms with E-state index >= 15 is 0 Å². The van der Waals surface area contributed by atoms with Crippen molar-refractivity contribution in [2.75, 3.05) is 6.54 Å². The van der Waals surface area contributed by atoms with Gasteiger partial charge in [-0.05, 0) is 24.7 Å². The van der Waals surface area contributed by atoms with Gasteiger partial charge in [-0.1, -0.05) is 6.92 Å². The van der Waals surface area contributed by atoms with E-state index in [1.54, 1.807) is 6.92 Å². The van der Waals surface area contributed by atoms with Crippen molar-refractivity contribution in [2.45, 2.75) is 25.3 Å². The van der Waals surface area contributed by atoms with Crippen molar-refractivity contribution in [1.82, 2.24) is 4.90 Å². The molecule has 2 rings (SSSR count). The first kappa shape index (κ1) is 12.4. The molecule has 1 heterocycles. The van der Waals surface area contributed by atoms with Gasteiger partial charge in [0.2, 0.25) is 0 Å². The normalized spacial score (nSPS) is 24.2. The predicted octanol–water partition coefficient (Wildman–Crippen LogP) is 3.53. The molecule has 93 valence electrons. The zero-order valence-corrected chi connectivity index (χ0v) is 9.26. The molecule has 0 aliphatic carbocycles. The monoisotopic (exact) mass is 246 g/mol. The van der Waals surface area contributed by atoms with Crippen molar-refractivity contribution in [3.63, 3.8) is 0 Å². The second-order valence-electron chi connectivity index (χ2n) is 4.11. The maximum absolute atomic E-state index is 13.5. The van der Waals surface area contributed by atoms with E-state index < -0.39 is 30.0 Å². The summed E-state index contributed by atoms with van der Waals surface area (Å²) in [6, 6.07) is 2.13. The number of benzene rings is 1. The summed E-state index contributed by atoms with van der Waals surface area (Å²) in [6.07, 6.45) is -0.513. The summed E-state index contributed by atoms with van der Waals surface area (Å²) in [6.45, 7) is 2.82. The van der Waals surface area contributed by atoms with Crippen LogP contribution in [0.25, 0.3) is 0 Å². The van der Waals surface area contributed by atoms with Gasteiger partial charge in [0.15, 0.2) is 0 Å². The van der Waals surface area contributed by atoms with Crippen molar-refractivity contribution < 1.29 is 17.6 Å². The lowest BCUT2D eigenvalue weighted by Crippen LogP contribution is -2.21. The quantitative estimate of drug-likeness (QED) is 0.721. The van der Waals surface area contributed by atoms with Crippen molar-refractivity contribution in [1.29, 1.82) is 0 Å². The SMILES string of the molecule is CCN1[CH]C(F)(F)CC1c1cc(F)ccc1F.